The van der Waals surface area contributed by atoms with Gasteiger partial charge in [0.15, 0.2) is 0 Å². The fraction of sp³-hybridized carbons (Fsp3) is 0.222. The van der Waals surface area contributed by atoms with Crippen molar-refractivity contribution in [3.63, 3.8) is 0 Å². The summed E-state index contributed by atoms with van der Waals surface area (Å²) >= 11 is 0. The van der Waals surface area contributed by atoms with Crippen LogP contribution in [0, 0.1) is 5.82 Å². The maximum Gasteiger partial charge on any atom is 0.303 e. The number of ether oxygens (including phenoxy) is 1. The Hall–Kier alpha value is -2.89. The van der Waals surface area contributed by atoms with Gasteiger partial charge in [-0.3, -0.25) is 9.59 Å². The number of methoxy groups -OCH3 is 1. The zero-order valence-electron chi connectivity index (χ0n) is 13.2. The van der Waals surface area contributed by atoms with Gasteiger partial charge in [0.1, 0.15) is 11.6 Å². The molecule has 6 heteroatoms. The van der Waals surface area contributed by atoms with Crippen molar-refractivity contribution in [3.05, 3.63) is 59.9 Å². The van der Waals surface area contributed by atoms with E-state index in [1.54, 1.807) is 24.3 Å². The SMILES string of the molecule is COc1cccc(NC(=O)C[C@@H](CC(=O)O)c2ccc(F)cc2)c1. The lowest BCUT2D eigenvalue weighted by Gasteiger charge is -2.15. The van der Waals surface area contributed by atoms with Gasteiger partial charge in [-0.25, -0.2) is 4.39 Å². The molecule has 0 aliphatic heterocycles. The summed E-state index contributed by atoms with van der Waals surface area (Å²) in [4.78, 5) is 23.3. The summed E-state index contributed by atoms with van der Waals surface area (Å²) in [7, 11) is 1.53. The number of amides is 1. The molecule has 0 aliphatic carbocycles. The van der Waals surface area contributed by atoms with Crippen molar-refractivity contribution < 1.29 is 23.8 Å². The van der Waals surface area contributed by atoms with E-state index in [-0.39, 0.29) is 18.7 Å². The number of rotatable bonds is 7. The molecule has 2 N–H and O–H groups in total. The van der Waals surface area contributed by atoms with E-state index in [4.69, 9.17) is 9.84 Å². The van der Waals surface area contributed by atoms with Gasteiger partial charge in [-0.05, 0) is 29.8 Å². The van der Waals surface area contributed by atoms with Crippen LogP contribution < -0.4 is 10.1 Å². The zero-order valence-corrected chi connectivity index (χ0v) is 13.2. The van der Waals surface area contributed by atoms with Crippen molar-refractivity contribution >= 4 is 17.6 Å². The normalized spacial score (nSPS) is 11.6. The minimum Gasteiger partial charge on any atom is -0.497 e. The number of carbonyl (C=O) groups excluding carboxylic acids is 1. The zero-order chi connectivity index (χ0) is 17.5. The highest BCUT2D eigenvalue weighted by Crippen LogP contribution is 2.25. The third-order valence-electron chi connectivity index (χ3n) is 3.55. The molecule has 0 aromatic heterocycles. The molecule has 0 bridgehead atoms. The number of halogens is 1. The standard InChI is InChI=1S/C18H18FNO4/c1-24-16-4-2-3-15(11-16)20-17(21)9-13(10-18(22)23)12-5-7-14(19)8-6-12/h2-8,11,13H,9-10H2,1H3,(H,20,21)(H,22,23)/t13-/m0/s1. The van der Waals surface area contributed by atoms with Crippen LogP contribution in [-0.4, -0.2) is 24.1 Å². The third-order valence-corrected chi connectivity index (χ3v) is 3.55. The molecule has 0 heterocycles. The monoisotopic (exact) mass is 331 g/mol. The molecule has 0 spiro atoms. The summed E-state index contributed by atoms with van der Waals surface area (Å²) in [5.41, 5.74) is 1.17. The first-order valence-corrected chi connectivity index (χ1v) is 7.39. The average molecular weight is 331 g/mol. The molecule has 0 saturated carbocycles. The van der Waals surface area contributed by atoms with Crippen molar-refractivity contribution in [2.45, 2.75) is 18.8 Å². The molecule has 1 amide bonds. The minimum atomic E-state index is -1.02. The van der Waals surface area contributed by atoms with Gasteiger partial charge >= 0.3 is 5.97 Å². The molecule has 0 radical (unpaired) electrons. The van der Waals surface area contributed by atoms with E-state index in [2.05, 4.69) is 5.32 Å². The fourth-order valence-corrected chi connectivity index (χ4v) is 2.39. The molecule has 0 fully saturated rings. The van der Waals surface area contributed by atoms with Crippen LogP contribution in [0.3, 0.4) is 0 Å². The first-order valence-electron chi connectivity index (χ1n) is 7.39. The van der Waals surface area contributed by atoms with Crippen molar-refractivity contribution in [2.75, 3.05) is 12.4 Å². The lowest BCUT2D eigenvalue weighted by atomic mass is 9.92. The highest BCUT2D eigenvalue weighted by molar-refractivity contribution is 5.91. The van der Waals surface area contributed by atoms with Crippen LogP contribution >= 0.6 is 0 Å². The second-order valence-corrected chi connectivity index (χ2v) is 5.33. The van der Waals surface area contributed by atoms with Gasteiger partial charge in [0.25, 0.3) is 0 Å². The second kappa shape index (κ2) is 8.10. The van der Waals surface area contributed by atoms with Gasteiger partial charge in [-0.15, -0.1) is 0 Å². The van der Waals surface area contributed by atoms with E-state index in [0.717, 1.165) is 0 Å². The molecule has 0 saturated heterocycles. The third kappa shape index (κ3) is 5.08. The van der Waals surface area contributed by atoms with Gasteiger partial charge in [0.05, 0.1) is 13.5 Å². The number of nitrogens with one attached hydrogen (secondary N) is 1. The van der Waals surface area contributed by atoms with Crippen molar-refractivity contribution in [2.24, 2.45) is 0 Å². The van der Waals surface area contributed by atoms with Crippen LogP contribution in [0.1, 0.15) is 24.3 Å². The number of aliphatic carboxylic acids is 1. The maximum atomic E-state index is 13.0. The van der Waals surface area contributed by atoms with Gasteiger partial charge < -0.3 is 15.2 Å². The molecule has 5 nitrogen and oxygen atoms in total. The Morgan fingerprint density at radius 3 is 2.50 bits per heavy atom. The maximum absolute atomic E-state index is 13.0. The largest absolute Gasteiger partial charge is 0.497 e. The molecule has 24 heavy (non-hydrogen) atoms. The Kier molecular flexibility index (Phi) is 5.89. The van der Waals surface area contributed by atoms with Gasteiger partial charge in [0.2, 0.25) is 5.91 Å². The first kappa shape index (κ1) is 17.5. The average Bonchev–Trinajstić information content (AvgIpc) is 2.54. The predicted molar refractivity (Wildman–Crippen MR) is 87.6 cm³/mol. The van der Waals surface area contributed by atoms with E-state index < -0.39 is 17.7 Å². The Morgan fingerprint density at radius 1 is 1.17 bits per heavy atom. The number of hydrogen-bond acceptors (Lipinski definition) is 3. The summed E-state index contributed by atoms with van der Waals surface area (Å²) in [5, 5.41) is 11.8. The molecular weight excluding hydrogens is 313 g/mol. The van der Waals surface area contributed by atoms with Crippen molar-refractivity contribution in [1.29, 1.82) is 0 Å². The molecule has 1 atom stereocenters. The number of carbonyl (C=O) groups is 2. The Bertz CT molecular complexity index is 715. The second-order valence-electron chi connectivity index (χ2n) is 5.33. The summed E-state index contributed by atoms with van der Waals surface area (Å²) in [6.07, 6.45) is -0.230. The lowest BCUT2D eigenvalue weighted by molar-refractivity contribution is -0.137. The van der Waals surface area contributed by atoms with Crippen LogP contribution in [0.5, 0.6) is 5.75 Å². The van der Waals surface area contributed by atoms with Gasteiger partial charge in [0, 0.05) is 24.1 Å². The highest BCUT2D eigenvalue weighted by atomic mass is 19.1. The van der Waals surface area contributed by atoms with E-state index in [1.807, 2.05) is 0 Å². The van der Waals surface area contributed by atoms with Crippen LogP contribution in [0.15, 0.2) is 48.5 Å². The van der Waals surface area contributed by atoms with Crippen LogP contribution in [0.25, 0.3) is 0 Å². The number of hydrogen-bond donors (Lipinski definition) is 2. The Balaban J connectivity index is 2.08. The minimum absolute atomic E-state index is 0.0187. The molecule has 2 aromatic carbocycles. The smallest absolute Gasteiger partial charge is 0.303 e. The van der Waals surface area contributed by atoms with E-state index in [0.29, 0.717) is 17.0 Å². The first-order chi connectivity index (χ1) is 11.5. The Morgan fingerprint density at radius 2 is 1.88 bits per heavy atom. The van der Waals surface area contributed by atoms with E-state index >= 15 is 0 Å². The van der Waals surface area contributed by atoms with Gasteiger partial charge in [-0.2, -0.15) is 0 Å². The molecule has 2 aromatic rings. The molecular formula is C18H18FNO4. The quantitative estimate of drug-likeness (QED) is 0.815. The van der Waals surface area contributed by atoms with Crippen LogP contribution in [-0.2, 0) is 9.59 Å². The molecule has 126 valence electrons. The van der Waals surface area contributed by atoms with Crippen LogP contribution in [0.4, 0.5) is 10.1 Å². The molecule has 0 aliphatic rings. The number of benzene rings is 2. The molecule has 0 unspecified atom stereocenters. The summed E-state index contributed by atoms with van der Waals surface area (Å²) in [5.74, 6) is -1.67. The Labute approximate surface area is 139 Å². The number of carboxylic acid groups (broad SMARTS) is 1. The summed E-state index contributed by atoms with van der Waals surface area (Å²) in [6.45, 7) is 0. The summed E-state index contributed by atoms with van der Waals surface area (Å²) < 4.78 is 18.1. The fourth-order valence-electron chi connectivity index (χ4n) is 2.39. The van der Waals surface area contributed by atoms with E-state index in [1.165, 1.54) is 31.4 Å². The van der Waals surface area contributed by atoms with Crippen LogP contribution in [0.2, 0.25) is 0 Å². The topological polar surface area (TPSA) is 75.6 Å². The summed E-state index contributed by atoms with van der Waals surface area (Å²) in [6, 6.07) is 12.4. The number of anilines is 1. The van der Waals surface area contributed by atoms with Gasteiger partial charge in [-0.1, -0.05) is 18.2 Å². The molecule has 2 rings (SSSR count). The van der Waals surface area contributed by atoms with Crippen molar-refractivity contribution in [3.8, 4) is 5.75 Å². The van der Waals surface area contributed by atoms with E-state index in [9.17, 15) is 14.0 Å². The number of carboxylic acids is 1. The van der Waals surface area contributed by atoms with Crippen molar-refractivity contribution in [1.82, 2.24) is 0 Å². The highest BCUT2D eigenvalue weighted by Gasteiger charge is 2.19. The lowest BCUT2D eigenvalue weighted by Crippen LogP contribution is -2.17. The predicted octanol–water partition coefficient (Wildman–Crippen LogP) is 3.42.